The van der Waals surface area contributed by atoms with E-state index in [1.165, 1.54) is 12.1 Å². The van der Waals surface area contributed by atoms with E-state index in [-0.39, 0.29) is 18.1 Å². The molecule has 0 saturated heterocycles. The minimum atomic E-state index is -3.44. The molecule has 1 N–H and O–H groups in total. The fourth-order valence-corrected chi connectivity index (χ4v) is 4.48. The summed E-state index contributed by atoms with van der Waals surface area (Å²) in [5.74, 6) is -1.42. The van der Waals surface area contributed by atoms with Crippen LogP contribution in [-0.2, 0) is 21.2 Å². The fourth-order valence-electron chi connectivity index (χ4n) is 3.19. The Kier molecular flexibility index (Phi) is 7.57. The summed E-state index contributed by atoms with van der Waals surface area (Å²) in [6, 6.07) is 15.4. The van der Waals surface area contributed by atoms with Gasteiger partial charge in [-0.25, -0.2) is 17.5 Å². The number of hydrogen-bond donors (Lipinski definition) is 1. The Labute approximate surface area is 182 Å². The monoisotopic (exact) mass is 443 g/mol. The largest absolute Gasteiger partial charge is 0.351 e. The number of benzene rings is 2. The maximum Gasteiger partial charge on any atom is 0.235 e. The molecule has 2 aromatic carbocycles. The first-order valence-corrected chi connectivity index (χ1v) is 12.1. The first-order chi connectivity index (χ1) is 14.9. The van der Waals surface area contributed by atoms with Crippen molar-refractivity contribution < 1.29 is 17.6 Å². The number of rotatable bonds is 10. The first-order valence-electron chi connectivity index (χ1n) is 10.2. The van der Waals surface area contributed by atoms with Crippen LogP contribution in [0.4, 0.5) is 4.39 Å². The van der Waals surface area contributed by atoms with Gasteiger partial charge in [0.05, 0.1) is 17.1 Å². The Balaban J connectivity index is 1.77. The number of aromatic nitrogens is 2. The molecule has 6 nitrogen and oxygen atoms in total. The minimum Gasteiger partial charge on any atom is -0.351 e. The van der Waals surface area contributed by atoms with E-state index in [1.54, 1.807) is 23.0 Å². The van der Waals surface area contributed by atoms with E-state index >= 15 is 0 Å². The fraction of sp³-hybridized carbons (Fsp3) is 0.304. The topological polar surface area (TPSA) is 81.1 Å². The molecule has 0 spiro atoms. The van der Waals surface area contributed by atoms with Crippen LogP contribution in [0.25, 0.3) is 16.9 Å². The molecule has 8 heteroatoms. The van der Waals surface area contributed by atoms with E-state index in [0.717, 1.165) is 18.5 Å². The van der Waals surface area contributed by atoms with Gasteiger partial charge in [0.2, 0.25) is 5.91 Å². The van der Waals surface area contributed by atoms with Gasteiger partial charge in [0.1, 0.15) is 11.6 Å². The van der Waals surface area contributed by atoms with Gasteiger partial charge in [-0.2, -0.15) is 5.10 Å². The number of amides is 1. The van der Waals surface area contributed by atoms with Crippen molar-refractivity contribution in [3.05, 3.63) is 72.2 Å². The number of carbonyl (C=O) groups excluding carboxylic acids is 1. The lowest BCUT2D eigenvalue weighted by molar-refractivity contribution is -0.118. The molecule has 3 rings (SSSR count). The molecular formula is C23H26FN3O3S. The zero-order valence-corrected chi connectivity index (χ0v) is 18.2. The van der Waals surface area contributed by atoms with Crippen molar-refractivity contribution in [2.75, 3.05) is 11.5 Å². The number of para-hydroxylation sites is 1. The van der Waals surface area contributed by atoms with Crippen LogP contribution in [-0.4, -0.2) is 35.6 Å². The van der Waals surface area contributed by atoms with Gasteiger partial charge < -0.3 is 5.32 Å². The standard InChI is InChI=1S/C23H26FN3O3S/c1-2-3-7-14-31(29,30)17-22(28)25-15-19-16-27(21-8-5-4-6-9-21)26-23(19)18-10-12-20(24)13-11-18/h4-6,8-13,16H,2-3,7,14-15,17H2,1H3,(H,25,28). The molecule has 1 heterocycles. The van der Waals surface area contributed by atoms with E-state index in [4.69, 9.17) is 0 Å². The number of nitrogens with zero attached hydrogens (tertiary/aromatic N) is 2. The molecule has 0 fully saturated rings. The zero-order valence-electron chi connectivity index (χ0n) is 17.4. The quantitative estimate of drug-likeness (QED) is 0.482. The highest BCUT2D eigenvalue weighted by Crippen LogP contribution is 2.24. The van der Waals surface area contributed by atoms with Crippen LogP contribution in [0.3, 0.4) is 0 Å². The molecule has 0 atom stereocenters. The molecule has 3 aromatic rings. The summed E-state index contributed by atoms with van der Waals surface area (Å²) in [7, 11) is -3.44. The van der Waals surface area contributed by atoms with Crippen molar-refractivity contribution in [2.45, 2.75) is 32.7 Å². The predicted octanol–water partition coefficient (Wildman–Crippen LogP) is 3.90. The number of carbonyl (C=O) groups is 1. The SMILES string of the molecule is CCCCCS(=O)(=O)CC(=O)NCc1cn(-c2ccccc2)nc1-c1ccc(F)cc1. The average molecular weight is 444 g/mol. The van der Waals surface area contributed by atoms with E-state index < -0.39 is 21.5 Å². The Morgan fingerprint density at radius 2 is 1.77 bits per heavy atom. The highest BCUT2D eigenvalue weighted by molar-refractivity contribution is 7.92. The van der Waals surface area contributed by atoms with Gasteiger partial charge in [0.25, 0.3) is 0 Å². The Morgan fingerprint density at radius 3 is 2.45 bits per heavy atom. The van der Waals surface area contributed by atoms with Gasteiger partial charge >= 0.3 is 0 Å². The van der Waals surface area contributed by atoms with Crippen molar-refractivity contribution in [2.24, 2.45) is 0 Å². The lowest BCUT2D eigenvalue weighted by atomic mass is 10.1. The van der Waals surface area contributed by atoms with Gasteiger partial charge in [-0.3, -0.25) is 4.79 Å². The van der Waals surface area contributed by atoms with Crippen LogP contribution in [0.15, 0.2) is 60.8 Å². The summed E-state index contributed by atoms with van der Waals surface area (Å²) in [6.45, 7) is 2.11. The minimum absolute atomic E-state index is 0.0149. The normalized spacial score (nSPS) is 11.4. The smallest absolute Gasteiger partial charge is 0.235 e. The van der Waals surface area contributed by atoms with Crippen LogP contribution in [0.1, 0.15) is 31.7 Å². The molecule has 31 heavy (non-hydrogen) atoms. The molecule has 0 saturated carbocycles. The second-order valence-corrected chi connectivity index (χ2v) is 9.55. The van der Waals surface area contributed by atoms with E-state index in [0.29, 0.717) is 23.2 Å². The molecule has 0 bridgehead atoms. The van der Waals surface area contributed by atoms with Gasteiger partial charge in [-0.05, 0) is 42.8 Å². The molecule has 164 valence electrons. The Hall–Kier alpha value is -3.00. The number of hydrogen-bond acceptors (Lipinski definition) is 4. The van der Waals surface area contributed by atoms with E-state index in [9.17, 15) is 17.6 Å². The number of unbranched alkanes of at least 4 members (excludes halogenated alkanes) is 2. The number of halogens is 1. The van der Waals surface area contributed by atoms with Crippen LogP contribution in [0, 0.1) is 5.82 Å². The molecule has 0 aliphatic carbocycles. The van der Waals surface area contributed by atoms with Crippen LogP contribution in [0.5, 0.6) is 0 Å². The summed E-state index contributed by atoms with van der Waals surface area (Å²) < 4.78 is 39.3. The van der Waals surface area contributed by atoms with Crippen molar-refractivity contribution >= 4 is 15.7 Å². The molecule has 0 unspecified atom stereocenters. The van der Waals surface area contributed by atoms with Gasteiger partial charge in [-0.1, -0.05) is 38.0 Å². The van der Waals surface area contributed by atoms with Crippen LogP contribution >= 0.6 is 0 Å². The third-order valence-corrected chi connectivity index (χ3v) is 6.43. The maximum absolute atomic E-state index is 13.4. The highest BCUT2D eigenvalue weighted by atomic mass is 32.2. The van der Waals surface area contributed by atoms with Crippen molar-refractivity contribution in [3.63, 3.8) is 0 Å². The second-order valence-electron chi connectivity index (χ2n) is 7.37. The Bertz CT molecular complexity index is 1110. The van der Waals surface area contributed by atoms with Crippen molar-refractivity contribution in [1.82, 2.24) is 15.1 Å². The summed E-state index contributed by atoms with van der Waals surface area (Å²) >= 11 is 0. The summed E-state index contributed by atoms with van der Waals surface area (Å²) in [5.41, 5.74) is 2.83. The molecule has 1 aromatic heterocycles. The van der Waals surface area contributed by atoms with Gasteiger partial charge in [0, 0.05) is 23.9 Å². The lowest BCUT2D eigenvalue weighted by Crippen LogP contribution is -2.31. The van der Waals surface area contributed by atoms with E-state index in [1.807, 2.05) is 37.3 Å². The second kappa shape index (κ2) is 10.3. The van der Waals surface area contributed by atoms with Crippen LogP contribution < -0.4 is 5.32 Å². The average Bonchev–Trinajstić information content (AvgIpc) is 3.17. The third-order valence-electron chi connectivity index (χ3n) is 4.81. The van der Waals surface area contributed by atoms with Gasteiger partial charge in [0.15, 0.2) is 9.84 Å². The molecule has 0 radical (unpaired) electrons. The number of nitrogens with one attached hydrogen (secondary N) is 1. The lowest BCUT2D eigenvalue weighted by Gasteiger charge is -2.07. The molecule has 1 amide bonds. The summed E-state index contributed by atoms with van der Waals surface area (Å²) in [4.78, 5) is 12.3. The molecule has 0 aliphatic heterocycles. The summed E-state index contributed by atoms with van der Waals surface area (Å²) in [6.07, 6.45) is 4.08. The first kappa shape index (κ1) is 22.7. The summed E-state index contributed by atoms with van der Waals surface area (Å²) in [5, 5.41) is 7.29. The predicted molar refractivity (Wildman–Crippen MR) is 119 cm³/mol. The van der Waals surface area contributed by atoms with Crippen molar-refractivity contribution in [1.29, 1.82) is 0 Å². The van der Waals surface area contributed by atoms with Gasteiger partial charge in [-0.15, -0.1) is 0 Å². The molecule has 0 aliphatic rings. The third kappa shape index (κ3) is 6.49. The number of sulfone groups is 1. The zero-order chi connectivity index (χ0) is 22.3. The highest BCUT2D eigenvalue weighted by Gasteiger charge is 2.18. The van der Waals surface area contributed by atoms with Crippen molar-refractivity contribution in [3.8, 4) is 16.9 Å². The van der Waals surface area contributed by atoms with Crippen LogP contribution in [0.2, 0.25) is 0 Å². The maximum atomic E-state index is 13.4. The molecular weight excluding hydrogens is 417 g/mol. The van der Waals surface area contributed by atoms with E-state index in [2.05, 4.69) is 10.4 Å². The Morgan fingerprint density at radius 1 is 1.06 bits per heavy atom.